The van der Waals surface area contributed by atoms with Gasteiger partial charge in [-0.1, -0.05) is 23.4 Å². The summed E-state index contributed by atoms with van der Waals surface area (Å²) in [4.78, 5) is 20.6. The van der Waals surface area contributed by atoms with Crippen LogP contribution < -0.4 is 14.8 Å². The largest absolute Gasteiger partial charge is 0.493 e. The molecule has 0 radical (unpaired) electrons. The molecule has 33 heavy (non-hydrogen) atoms. The van der Waals surface area contributed by atoms with E-state index < -0.39 is 0 Å². The van der Waals surface area contributed by atoms with Crippen molar-refractivity contribution in [2.24, 2.45) is 0 Å². The van der Waals surface area contributed by atoms with Gasteiger partial charge in [0.15, 0.2) is 11.5 Å². The number of aromatic amines is 1. The molecule has 8 nitrogen and oxygen atoms in total. The van der Waals surface area contributed by atoms with E-state index in [1.165, 1.54) is 10.9 Å². The summed E-state index contributed by atoms with van der Waals surface area (Å²) < 4.78 is 16.0. The average molecular weight is 447 g/mol. The first kappa shape index (κ1) is 21.1. The summed E-state index contributed by atoms with van der Waals surface area (Å²) >= 11 is 0. The van der Waals surface area contributed by atoms with Gasteiger partial charge in [-0.15, -0.1) is 0 Å². The maximum absolute atomic E-state index is 12.7. The summed E-state index contributed by atoms with van der Waals surface area (Å²) in [7, 11) is 3.16. The van der Waals surface area contributed by atoms with Crippen molar-refractivity contribution in [1.82, 2.24) is 20.4 Å². The smallest absolute Gasteiger partial charge is 0.227 e. The quantitative estimate of drug-likeness (QED) is 0.437. The first-order valence-electron chi connectivity index (χ1n) is 11.1. The van der Waals surface area contributed by atoms with Gasteiger partial charge in [-0.3, -0.25) is 4.79 Å². The molecule has 1 atom stereocenters. The van der Waals surface area contributed by atoms with Crippen LogP contribution >= 0.6 is 0 Å². The number of fused-ring (bicyclic) bond motifs is 3. The number of carbonyl (C=O) groups is 1. The zero-order chi connectivity index (χ0) is 22.8. The number of nitrogens with zero attached hydrogens (tertiary/aromatic N) is 2. The molecule has 0 unspecified atom stereocenters. The number of nitrogens with one attached hydrogen (secondary N) is 2. The molecule has 0 bridgehead atoms. The van der Waals surface area contributed by atoms with Gasteiger partial charge in [0.2, 0.25) is 17.6 Å². The van der Waals surface area contributed by atoms with E-state index in [9.17, 15) is 4.79 Å². The lowest BCUT2D eigenvalue weighted by Crippen LogP contribution is -2.31. The highest BCUT2D eigenvalue weighted by atomic mass is 16.5. The van der Waals surface area contributed by atoms with Crippen LogP contribution in [0.25, 0.3) is 22.3 Å². The Kier molecular flexibility index (Phi) is 5.73. The molecule has 0 saturated carbocycles. The second-order valence-corrected chi connectivity index (χ2v) is 8.16. The molecule has 0 aliphatic heterocycles. The number of amides is 1. The van der Waals surface area contributed by atoms with Gasteiger partial charge in [0.25, 0.3) is 0 Å². The lowest BCUT2D eigenvalue weighted by atomic mass is 9.91. The number of aryl methyl sites for hydroxylation is 2. The van der Waals surface area contributed by atoms with E-state index >= 15 is 0 Å². The van der Waals surface area contributed by atoms with Gasteiger partial charge in [0.1, 0.15) is 0 Å². The third-order valence-corrected chi connectivity index (χ3v) is 6.13. The minimum Gasteiger partial charge on any atom is -0.493 e. The van der Waals surface area contributed by atoms with Crippen LogP contribution in [-0.4, -0.2) is 35.3 Å². The normalized spacial score (nSPS) is 15.3. The van der Waals surface area contributed by atoms with Crippen LogP contribution in [0, 0.1) is 0 Å². The minimum atomic E-state index is -0.0302. The van der Waals surface area contributed by atoms with E-state index in [0.717, 1.165) is 36.0 Å². The molecule has 0 fully saturated rings. The van der Waals surface area contributed by atoms with Gasteiger partial charge in [-0.25, -0.2) is 0 Å². The topological polar surface area (TPSA) is 102 Å². The predicted molar refractivity (Wildman–Crippen MR) is 123 cm³/mol. The highest BCUT2D eigenvalue weighted by Gasteiger charge is 2.25. The van der Waals surface area contributed by atoms with Crippen LogP contribution in [0.15, 0.2) is 47.0 Å². The lowest BCUT2D eigenvalue weighted by Gasteiger charge is -2.23. The minimum absolute atomic E-state index is 0.00124. The fraction of sp³-hybridized carbons (Fsp3) is 0.320. The van der Waals surface area contributed by atoms with E-state index in [1.807, 2.05) is 12.1 Å². The molecular formula is C25H26N4O4. The summed E-state index contributed by atoms with van der Waals surface area (Å²) in [5.41, 5.74) is 4.32. The lowest BCUT2D eigenvalue weighted by molar-refractivity contribution is -0.122. The molecule has 1 aliphatic rings. The Morgan fingerprint density at radius 3 is 2.88 bits per heavy atom. The molecule has 8 heteroatoms. The molecule has 2 aromatic carbocycles. The molecule has 2 heterocycles. The van der Waals surface area contributed by atoms with Crippen molar-refractivity contribution in [2.75, 3.05) is 14.2 Å². The number of aromatic nitrogens is 3. The van der Waals surface area contributed by atoms with Crippen molar-refractivity contribution in [3.8, 4) is 22.9 Å². The zero-order valence-corrected chi connectivity index (χ0v) is 18.7. The molecule has 0 spiro atoms. The van der Waals surface area contributed by atoms with Crippen molar-refractivity contribution in [2.45, 2.75) is 38.1 Å². The summed E-state index contributed by atoms with van der Waals surface area (Å²) in [5.74, 6) is 2.05. The second-order valence-electron chi connectivity index (χ2n) is 8.16. The summed E-state index contributed by atoms with van der Waals surface area (Å²) in [6.45, 7) is 0. The Balaban J connectivity index is 1.23. The first-order valence-corrected chi connectivity index (χ1v) is 11.1. The third-order valence-electron chi connectivity index (χ3n) is 6.13. The number of para-hydroxylation sites is 1. The number of H-pyrrole nitrogens is 1. The standard InChI is InChI=1S/C25H26N4O4/c1-31-20-11-10-15(14-21(20)32-2)25-28-23(33-29-25)13-12-22(30)26-19-9-5-7-17-16-6-3-4-8-18(16)27-24(17)19/h3-4,6,8,10-11,14,19,27H,5,7,9,12-13H2,1-2H3,(H,26,30)/t19-/m0/s1. The number of hydrogen-bond acceptors (Lipinski definition) is 6. The molecule has 170 valence electrons. The van der Waals surface area contributed by atoms with Gasteiger partial charge in [-0.2, -0.15) is 4.98 Å². The Bertz CT molecular complexity index is 1290. The molecule has 2 N–H and O–H groups in total. The Hall–Kier alpha value is -3.81. The van der Waals surface area contributed by atoms with E-state index in [0.29, 0.717) is 29.6 Å². The zero-order valence-electron chi connectivity index (χ0n) is 18.7. The van der Waals surface area contributed by atoms with E-state index in [1.54, 1.807) is 26.4 Å². The van der Waals surface area contributed by atoms with Crippen molar-refractivity contribution >= 4 is 16.8 Å². The summed E-state index contributed by atoms with van der Waals surface area (Å²) in [5, 5.41) is 8.48. The highest BCUT2D eigenvalue weighted by Crippen LogP contribution is 2.35. The van der Waals surface area contributed by atoms with Gasteiger partial charge >= 0.3 is 0 Å². The number of carbonyl (C=O) groups excluding carboxylic acids is 1. The molecule has 2 aromatic heterocycles. The predicted octanol–water partition coefficient (Wildman–Crippen LogP) is 4.36. The van der Waals surface area contributed by atoms with E-state index in [2.05, 4.69) is 38.6 Å². The second kappa shape index (κ2) is 8.97. The number of hydrogen-bond donors (Lipinski definition) is 2. The number of ether oxygens (including phenoxy) is 2. The Labute approximate surface area is 191 Å². The molecule has 1 amide bonds. The summed E-state index contributed by atoms with van der Waals surface area (Å²) in [6, 6.07) is 13.7. The number of benzene rings is 2. The Morgan fingerprint density at radius 2 is 2.03 bits per heavy atom. The molecule has 1 aliphatic carbocycles. The van der Waals surface area contributed by atoms with E-state index in [4.69, 9.17) is 14.0 Å². The maximum atomic E-state index is 12.7. The van der Waals surface area contributed by atoms with Crippen LogP contribution in [0.2, 0.25) is 0 Å². The van der Waals surface area contributed by atoms with Crippen LogP contribution in [0.5, 0.6) is 11.5 Å². The fourth-order valence-corrected chi connectivity index (χ4v) is 4.50. The van der Waals surface area contributed by atoms with Crippen LogP contribution in [0.1, 0.15) is 42.5 Å². The monoisotopic (exact) mass is 446 g/mol. The van der Waals surface area contributed by atoms with Crippen LogP contribution in [-0.2, 0) is 17.6 Å². The van der Waals surface area contributed by atoms with Crippen molar-refractivity contribution in [1.29, 1.82) is 0 Å². The van der Waals surface area contributed by atoms with Crippen molar-refractivity contribution in [3.05, 3.63) is 59.6 Å². The first-order chi connectivity index (χ1) is 16.2. The number of methoxy groups -OCH3 is 2. The van der Waals surface area contributed by atoms with Crippen LogP contribution in [0.4, 0.5) is 0 Å². The average Bonchev–Trinajstić information content (AvgIpc) is 3.48. The molecule has 0 saturated heterocycles. The van der Waals surface area contributed by atoms with Gasteiger partial charge < -0.3 is 24.3 Å². The van der Waals surface area contributed by atoms with Gasteiger partial charge in [-0.05, 0) is 49.1 Å². The third kappa shape index (κ3) is 4.16. The molecular weight excluding hydrogens is 420 g/mol. The summed E-state index contributed by atoms with van der Waals surface area (Å²) in [6.07, 6.45) is 3.67. The van der Waals surface area contributed by atoms with Gasteiger partial charge in [0, 0.05) is 35.0 Å². The number of rotatable bonds is 7. The van der Waals surface area contributed by atoms with Crippen LogP contribution in [0.3, 0.4) is 0 Å². The molecule has 5 rings (SSSR count). The Morgan fingerprint density at radius 1 is 1.18 bits per heavy atom. The maximum Gasteiger partial charge on any atom is 0.227 e. The van der Waals surface area contributed by atoms with Crippen molar-refractivity contribution < 1.29 is 18.8 Å². The van der Waals surface area contributed by atoms with E-state index in [-0.39, 0.29) is 18.4 Å². The van der Waals surface area contributed by atoms with Gasteiger partial charge in [0.05, 0.1) is 20.3 Å². The highest BCUT2D eigenvalue weighted by molar-refractivity contribution is 5.85. The SMILES string of the molecule is COc1ccc(-c2noc(CCC(=O)N[C@H]3CCCc4c3[nH]c3ccccc43)n2)cc1OC. The van der Waals surface area contributed by atoms with Crippen molar-refractivity contribution in [3.63, 3.8) is 0 Å². The fourth-order valence-electron chi connectivity index (χ4n) is 4.50. The molecule has 4 aromatic rings.